The summed E-state index contributed by atoms with van der Waals surface area (Å²) in [4.78, 5) is 21.6. The molecule has 0 spiro atoms. The monoisotopic (exact) mass is 240 g/mol. The van der Waals surface area contributed by atoms with E-state index in [0.717, 1.165) is 0 Å². The quantitative estimate of drug-likeness (QED) is 0.331. The molecule has 0 rings (SSSR count). The van der Waals surface area contributed by atoms with Gasteiger partial charge < -0.3 is 14.7 Å². The van der Waals surface area contributed by atoms with Gasteiger partial charge in [-0.1, -0.05) is 0 Å². The summed E-state index contributed by atoms with van der Waals surface area (Å²) in [6.45, 7) is 0. The Bertz CT molecular complexity index is 57.8. The van der Waals surface area contributed by atoms with E-state index < -0.39 is 7.82 Å². The van der Waals surface area contributed by atoms with Crippen LogP contribution < -0.4 is 0 Å². The van der Waals surface area contributed by atoms with Crippen LogP contribution in [-0.4, -0.2) is 102 Å². The Balaban J connectivity index is -0.0000000800. The van der Waals surface area contributed by atoms with Gasteiger partial charge in [0.25, 0.3) is 0 Å². The van der Waals surface area contributed by atoms with Crippen LogP contribution in [0.4, 0.5) is 0 Å². The molecule has 4 nitrogen and oxygen atoms in total. The third-order valence-electron chi connectivity index (χ3n) is 0. The van der Waals surface area contributed by atoms with Crippen LogP contribution >= 0.6 is 7.82 Å². The van der Waals surface area contributed by atoms with E-state index in [0.29, 0.717) is 0 Å². The van der Waals surface area contributed by atoms with Crippen LogP contribution in [0.1, 0.15) is 0 Å². The van der Waals surface area contributed by atoms with Gasteiger partial charge in [-0.2, -0.15) is 0 Å². The first-order valence-electron chi connectivity index (χ1n) is 0.783. The first-order valence-corrected chi connectivity index (χ1v) is 2.35. The van der Waals surface area contributed by atoms with Crippen molar-refractivity contribution in [2.45, 2.75) is 0 Å². The minimum absolute atomic E-state index is 0. The molecular formula is H5CsLiO4P. The number of phosphoric acid groups is 1. The van der Waals surface area contributed by atoms with E-state index in [2.05, 4.69) is 0 Å². The SMILES string of the molecule is O=P(O)(O)O.[CsH].[LiH]. The summed E-state index contributed by atoms with van der Waals surface area (Å²) in [7, 11) is -4.64. The summed E-state index contributed by atoms with van der Waals surface area (Å²) in [5, 5.41) is 0. The van der Waals surface area contributed by atoms with E-state index in [-0.39, 0.29) is 87.8 Å². The van der Waals surface area contributed by atoms with Gasteiger partial charge in [-0.15, -0.1) is 0 Å². The molecule has 0 aliphatic rings. The fraction of sp³-hybridized carbons (Fsp3) is 0. The molecule has 0 atom stereocenters. The van der Waals surface area contributed by atoms with Gasteiger partial charge in [-0.25, -0.2) is 4.57 Å². The average molecular weight is 240 g/mol. The number of hydrogen-bond donors (Lipinski definition) is 3. The second-order valence-electron chi connectivity index (χ2n) is 0.513. The van der Waals surface area contributed by atoms with Gasteiger partial charge in [-0.05, 0) is 0 Å². The zero-order valence-electron chi connectivity index (χ0n) is 2.20. The Labute approximate surface area is 112 Å². The summed E-state index contributed by atoms with van der Waals surface area (Å²) in [5.41, 5.74) is 0. The molecule has 7 heteroatoms. The molecule has 0 amide bonds. The van der Waals surface area contributed by atoms with Crippen LogP contribution in [0.2, 0.25) is 0 Å². The minimum atomic E-state index is -4.64. The van der Waals surface area contributed by atoms with Crippen molar-refractivity contribution in [1.29, 1.82) is 0 Å². The maximum absolute atomic E-state index is 8.88. The van der Waals surface area contributed by atoms with E-state index >= 15 is 0 Å². The summed E-state index contributed by atoms with van der Waals surface area (Å²) >= 11 is 0. The molecule has 0 saturated heterocycles. The standard InChI is InChI=1S/Cs.Li.H3O4P.2H/c;;1-5(2,3)4;;/h;;(H3,1,2,3,4);;. The molecule has 0 fully saturated rings. The van der Waals surface area contributed by atoms with Gasteiger partial charge in [0.2, 0.25) is 0 Å². The molecule has 0 heterocycles. The van der Waals surface area contributed by atoms with Gasteiger partial charge in [0, 0.05) is 0 Å². The molecule has 0 unspecified atom stereocenters. The van der Waals surface area contributed by atoms with Crippen molar-refractivity contribution in [3.05, 3.63) is 0 Å². The van der Waals surface area contributed by atoms with Crippen molar-refractivity contribution in [3.8, 4) is 0 Å². The molecule has 0 aromatic rings. The van der Waals surface area contributed by atoms with Crippen LogP contribution in [0.5, 0.6) is 0 Å². The summed E-state index contributed by atoms with van der Waals surface area (Å²) in [5.74, 6) is 0. The molecule has 0 aliphatic heterocycles. The predicted octanol–water partition coefficient (Wildman–Crippen LogP) is -2.23. The summed E-state index contributed by atoms with van der Waals surface area (Å²) in [6, 6.07) is 0. The molecule has 7 heavy (non-hydrogen) atoms. The molecule has 36 valence electrons. The Kier molecular flexibility index (Phi) is 16.1. The van der Waals surface area contributed by atoms with Crippen LogP contribution in [-0.2, 0) is 4.57 Å². The Hall–Kier alpha value is 2.76. The average Bonchev–Trinajstić information content (AvgIpc) is 0.722. The van der Waals surface area contributed by atoms with E-state index in [9.17, 15) is 0 Å². The molecule has 0 radical (unpaired) electrons. The fourth-order valence-electron chi connectivity index (χ4n) is 0. The van der Waals surface area contributed by atoms with Crippen LogP contribution in [0.15, 0.2) is 0 Å². The second kappa shape index (κ2) is 6.87. The van der Waals surface area contributed by atoms with Crippen molar-refractivity contribution in [3.63, 3.8) is 0 Å². The third-order valence-corrected chi connectivity index (χ3v) is 0. The van der Waals surface area contributed by atoms with Crippen molar-refractivity contribution < 1.29 is 19.2 Å². The van der Waals surface area contributed by atoms with E-state index in [4.69, 9.17) is 19.2 Å². The van der Waals surface area contributed by atoms with Gasteiger partial charge in [0.15, 0.2) is 0 Å². The molecule has 0 saturated carbocycles. The Morgan fingerprint density at radius 2 is 1.14 bits per heavy atom. The van der Waals surface area contributed by atoms with Crippen LogP contribution in [0.25, 0.3) is 0 Å². The van der Waals surface area contributed by atoms with E-state index in [1.807, 2.05) is 0 Å². The van der Waals surface area contributed by atoms with Crippen molar-refractivity contribution in [2.75, 3.05) is 0 Å². The molecule has 3 N–H and O–H groups in total. The predicted molar refractivity (Wildman–Crippen MR) is 28.6 cm³/mol. The van der Waals surface area contributed by atoms with E-state index in [1.165, 1.54) is 0 Å². The molecule has 0 aromatic heterocycles. The topological polar surface area (TPSA) is 77.8 Å². The first kappa shape index (κ1) is 16.4. The normalized spacial score (nSPS) is 8.43. The summed E-state index contributed by atoms with van der Waals surface area (Å²) < 4.78 is 8.88. The first-order chi connectivity index (χ1) is 2.00. The molecule has 0 bridgehead atoms. The van der Waals surface area contributed by atoms with Gasteiger partial charge >= 0.3 is 95.6 Å². The number of rotatable bonds is 0. The zero-order valence-corrected chi connectivity index (χ0v) is 3.09. The second-order valence-corrected chi connectivity index (χ2v) is 1.54. The van der Waals surface area contributed by atoms with Crippen molar-refractivity contribution in [2.24, 2.45) is 0 Å². The zero-order chi connectivity index (χ0) is 4.50. The third kappa shape index (κ3) is 52.6. The van der Waals surface area contributed by atoms with Gasteiger partial charge in [0.1, 0.15) is 0 Å². The van der Waals surface area contributed by atoms with Crippen molar-refractivity contribution >= 4 is 95.6 Å². The van der Waals surface area contributed by atoms with Gasteiger partial charge in [0.05, 0.1) is 0 Å². The van der Waals surface area contributed by atoms with Crippen molar-refractivity contribution in [1.82, 2.24) is 0 Å². The molecule has 0 aliphatic carbocycles. The summed E-state index contributed by atoms with van der Waals surface area (Å²) in [6.07, 6.45) is 0. The van der Waals surface area contributed by atoms with Crippen LogP contribution in [0.3, 0.4) is 0 Å². The Morgan fingerprint density at radius 1 is 1.14 bits per heavy atom. The van der Waals surface area contributed by atoms with E-state index in [1.54, 1.807) is 0 Å². The fourth-order valence-corrected chi connectivity index (χ4v) is 0. The molecule has 0 aromatic carbocycles. The Morgan fingerprint density at radius 3 is 1.14 bits per heavy atom. The molecular weight excluding hydrogens is 235 g/mol. The van der Waals surface area contributed by atoms with Crippen LogP contribution in [0, 0.1) is 0 Å². The number of hydrogen-bond acceptors (Lipinski definition) is 1. The van der Waals surface area contributed by atoms with Gasteiger partial charge in [-0.3, -0.25) is 0 Å². The maximum atomic E-state index is 8.88.